The first kappa shape index (κ1) is 44.4. The van der Waals surface area contributed by atoms with Crippen LogP contribution in [0.25, 0.3) is 0 Å². The molecule has 0 spiro atoms. The fraction of sp³-hybridized carbons (Fsp3) is 0.821. The van der Waals surface area contributed by atoms with Crippen molar-refractivity contribution in [3.05, 3.63) is 36.5 Å². The number of unbranched alkanes of at least 4 members (excludes halogenated alkanes) is 16. The molecular formula is C39H71NO8. The Hall–Kier alpha value is -1.59. The molecule has 7 atom stereocenters. The molecule has 0 aliphatic carbocycles. The van der Waals surface area contributed by atoms with Crippen molar-refractivity contribution in [2.45, 2.75) is 192 Å². The maximum atomic E-state index is 12.8. The molecule has 9 heteroatoms. The Labute approximate surface area is 291 Å². The van der Waals surface area contributed by atoms with Crippen LogP contribution < -0.4 is 5.32 Å². The minimum atomic E-state index is -1.57. The summed E-state index contributed by atoms with van der Waals surface area (Å²) in [5.74, 6) is -0.200. The van der Waals surface area contributed by atoms with Gasteiger partial charge in [0.15, 0.2) is 6.29 Å². The van der Waals surface area contributed by atoms with Crippen LogP contribution in [-0.2, 0) is 14.3 Å². The summed E-state index contributed by atoms with van der Waals surface area (Å²) in [6.45, 7) is 3.68. The Balaban J connectivity index is 2.49. The minimum absolute atomic E-state index is 0.200. The van der Waals surface area contributed by atoms with Gasteiger partial charge in [-0.05, 0) is 57.8 Å². The molecule has 1 saturated heterocycles. The maximum absolute atomic E-state index is 12.8. The zero-order chi connectivity index (χ0) is 35.2. The highest BCUT2D eigenvalue weighted by atomic mass is 16.7. The van der Waals surface area contributed by atoms with Gasteiger partial charge in [0.25, 0.3) is 0 Å². The normalized spacial score (nSPS) is 23.0. The first-order valence-electron chi connectivity index (χ1n) is 19.2. The molecular weight excluding hydrogens is 610 g/mol. The summed E-state index contributed by atoms with van der Waals surface area (Å²) in [7, 11) is 0. The van der Waals surface area contributed by atoms with Crippen LogP contribution in [0.2, 0.25) is 0 Å². The number of carbonyl (C=O) groups excluding carboxylic acids is 1. The van der Waals surface area contributed by atoms with E-state index in [1.54, 1.807) is 6.08 Å². The third-order valence-electron chi connectivity index (χ3n) is 8.94. The molecule has 0 aromatic rings. The first-order valence-corrected chi connectivity index (χ1v) is 19.2. The number of rotatable bonds is 30. The predicted molar refractivity (Wildman–Crippen MR) is 193 cm³/mol. The average molecular weight is 682 g/mol. The van der Waals surface area contributed by atoms with Crippen molar-refractivity contribution < 1.29 is 39.8 Å². The third kappa shape index (κ3) is 21.5. The molecule has 9 nitrogen and oxygen atoms in total. The summed E-state index contributed by atoms with van der Waals surface area (Å²) in [4.78, 5) is 12.8. The molecule has 1 aliphatic heterocycles. The molecule has 6 N–H and O–H groups in total. The smallest absolute Gasteiger partial charge is 0.220 e. The van der Waals surface area contributed by atoms with Gasteiger partial charge in [0, 0.05) is 6.42 Å². The molecule has 1 heterocycles. The lowest BCUT2D eigenvalue weighted by molar-refractivity contribution is -0.302. The van der Waals surface area contributed by atoms with Gasteiger partial charge >= 0.3 is 0 Å². The standard InChI is InChI=1S/C39H71NO8/c1-3-5-7-9-11-13-15-16-17-19-21-23-25-27-29-35(43)40-32(31-47-39-38(46)37(45)36(44)34(30-41)48-39)33(42)28-26-24-22-20-18-14-12-10-8-6-4-2/h15-16,18,20,26,28,32-34,36-39,41-42,44-46H,3-14,17,19,21-25,27,29-31H2,1-2H3,(H,40,43)/b16-15+,20-18+,28-26+/t32-,33+,34-,36-,37?,38?,39-/m0/s1. The molecule has 0 radical (unpaired) electrons. The van der Waals surface area contributed by atoms with E-state index in [4.69, 9.17) is 9.47 Å². The highest BCUT2D eigenvalue weighted by Gasteiger charge is 2.44. The molecule has 0 bridgehead atoms. The van der Waals surface area contributed by atoms with E-state index in [-0.39, 0.29) is 12.5 Å². The lowest BCUT2D eigenvalue weighted by Gasteiger charge is -2.40. The summed E-state index contributed by atoms with van der Waals surface area (Å²) >= 11 is 0. The van der Waals surface area contributed by atoms with Gasteiger partial charge in [-0.25, -0.2) is 0 Å². The van der Waals surface area contributed by atoms with Gasteiger partial charge in [-0.15, -0.1) is 0 Å². The van der Waals surface area contributed by atoms with Crippen LogP contribution in [0.3, 0.4) is 0 Å². The van der Waals surface area contributed by atoms with Gasteiger partial charge in [0.2, 0.25) is 5.91 Å². The molecule has 1 amide bonds. The summed E-state index contributed by atoms with van der Waals surface area (Å²) in [5, 5.41) is 53.8. The van der Waals surface area contributed by atoms with E-state index in [1.807, 2.05) is 6.08 Å². The Morgan fingerprint density at radius 1 is 0.688 bits per heavy atom. The number of carbonyl (C=O) groups is 1. The largest absolute Gasteiger partial charge is 0.394 e. The number of nitrogens with one attached hydrogen (secondary N) is 1. The molecule has 1 aliphatic rings. The lowest BCUT2D eigenvalue weighted by Crippen LogP contribution is -2.60. The van der Waals surface area contributed by atoms with E-state index in [9.17, 15) is 30.3 Å². The fourth-order valence-electron chi connectivity index (χ4n) is 5.75. The topological polar surface area (TPSA) is 149 Å². The van der Waals surface area contributed by atoms with Crippen LogP contribution in [-0.4, -0.2) is 87.5 Å². The van der Waals surface area contributed by atoms with E-state index in [0.717, 1.165) is 57.8 Å². The third-order valence-corrected chi connectivity index (χ3v) is 8.94. The monoisotopic (exact) mass is 682 g/mol. The number of aliphatic hydroxyl groups is 5. The van der Waals surface area contributed by atoms with Crippen LogP contribution >= 0.6 is 0 Å². The Morgan fingerprint density at radius 3 is 1.75 bits per heavy atom. The minimum Gasteiger partial charge on any atom is -0.394 e. The van der Waals surface area contributed by atoms with Crippen LogP contribution in [0.1, 0.15) is 149 Å². The molecule has 1 fully saturated rings. The summed E-state index contributed by atoms with van der Waals surface area (Å²) in [5.41, 5.74) is 0. The second kappa shape index (κ2) is 30.3. The Bertz CT molecular complexity index is 848. The van der Waals surface area contributed by atoms with Gasteiger partial charge in [-0.1, -0.05) is 121 Å². The molecule has 280 valence electrons. The van der Waals surface area contributed by atoms with Crippen LogP contribution in [0.15, 0.2) is 36.5 Å². The van der Waals surface area contributed by atoms with E-state index < -0.39 is 49.5 Å². The average Bonchev–Trinajstić information content (AvgIpc) is 3.08. The summed E-state index contributed by atoms with van der Waals surface area (Å²) in [6, 6.07) is -0.821. The van der Waals surface area contributed by atoms with Gasteiger partial charge in [-0.3, -0.25) is 4.79 Å². The zero-order valence-corrected chi connectivity index (χ0v) is 30.2. The predicted octanol–water partition coefficient (Wildman–Crippen LogP) is 6.55. The summed E-state index contributed by atoms with van der Waals surface area (Å²) in [6.07, 6.45) is 27.6. The van der Waals surface area contributed by atoms with E-state index >= 15 is 0 Å². The number of allylic oxidation sites excluding steroid dienone is 5. The van der Waals surface area contributed by atoms with Gasteiger partial charge in [-0.2, -0.15) is 0 Å². The number of hydrogen-bond acceptors (Lipinski definition) is 8. The highest BCUT2D eigenvalue weighted by Crippen LogP contribution is 2.22. The second-order valence-corrected chi connectivity index (χ2v) is 13.4. The van der Waals surface area contributed by atoms with Gasteiger partial charge < -0.3 is 40.3 Å². The molecule has 48 heavy (non-hydrogen) atoms. The van der Waals surface area contributed by atoms with Gasteiger partial charge in [0.1, 0.15) is 24.4 Å². The van der Waals surface area contributed by atoms with Gasteiger partial charge in [0.05, 0.1) is 25.4 Å². The number of aliphatic hydroxyl groups excluding tert-OH is 5. The van der Waals surface area contributed by atoms with Crippen molar-refractivity contribution in [3.8, 4) is 0 Å². The molecule has 0 aromatic heterocycles. The van der Waals surface area contributed by atoms with Crippen molar-refractivity contribution in [2.24, 2.45) is 0 Å². The van der Waals surface area contributed by atoms with Crippen molar-refractivity contribution in [1.29, 1.82) is 0 Å². The highest BCUT2D eigenvalue weighted by molar-refractivity contribution is 5.76. The maximum Gasteiger partial charge on any atom is 0.220 e. The van der Waals surface area contributed by atoms with E-state index in [0.29, 0.717) is 6.42 Å². The first-order chi connectivity index (χ1) is 23.3. The number of hydrogen-bond donors (Lipinski definition) is 6. The summed E-state index contributed by atoms with van der Waals surface area (Å²) < 4.78 is 11.1. The second-order valence-electron chi connectivity index (χ2n) is 13.4. The van der Waals surface area contributed by atoms with E-state index in [1.165, 1.54) is 70.6 Å². The molecule has 1 rings (SSSR count). The SMILES string of the molecule is CCCCCCC/C=C/CC/C=C/[C@@H](O)[C@H](CO[C@H]1O[C@@H](CO)[C@H](O)C(O)C1O)NC(=O)CCCCCCC/C=C/CCCCCCC. The zero-order valence-electron chi connectivity index (χ0n) is 30.2. The Kier molecular flexibility index (Phi) is 28.0. The van der Waals surface area contributed by atoms with Crippen LogP contribution in [0.5, 0.6) is 0 Å². The van der Waals surface area contributed by atoms with Crippen molar-refractivity contribution in [1.82, 2.24) is 5.32 Å². The fourth-order valence-corrected chi connectivity index (χ4v) is 5.75. The Morgan fingerprint density at radius 2 is 1.19 bits per heavy atom. The number of amides is 1. The van der Waals surface area contributed by atoms with Crippen molar-refractivity contribution in [2.75, 3.05) is 13.2 Å². The molecule has 0 saturated carbocycles. The van der Waals surface area contributed by atoms with Crippen molar-refractivity contribution >= 4 is 5.91 Å². The lowest BCUT2D eigenvalue weighted by atomic mass is 9.99. The number of ether oxygens (including phenoxy) is 2. The molecule has 0 aromatic carbocycles. The van der Waals surface area contributed by atoms with Crippen LogP contribution in [0, 0.1) is 0 Å². The van der Waals surface area contributed by atoms with Crippen LogP contribution in [0.4, 0.5) is 0 Å². The molecule has 2 unspecified atom stereocenters. The van der Waals surface area contributed by atoms with E-state index in [2.05, 4.69) is 43.5 Å². The van der Waals surface area contributed by atoms with Crippen molar-refractivity contribution in [3.63, 3.8) is 0 Å². The quantitative estimate of drug-likeness (QED) is 0.0370.